The first-order chi connectivity index (χ1) is 69.5. The first kappa shape index (κ1) is 76.3. The van der Waals surface area contributed by atoms with Crippen molar-refractivity contribution >= 4 is 209 Å². The normalized spacial score (nSPS) is 12.3. The van der Waals surface area contributed by atoms with Crippen LogP contribution in [0.15, 0.2) is 485 Å². The summed E-state index contributed by atoms with van der Waals surface area (Å²) in [6.45, 7) is 0. The molecular weight excluding hydrogens is 1710 g/mol. The number of rotatable bonds is 8. The molecule has 0 aliphatic heterocycles. The van der Waals surface area contributed by atoms with Gasteiger partial charge in [-0.2, -0.15) is 0 Å². The summed E-state index contributed by atoms with van der Waals surface area (Å²) in [5, 5.41) is 12.4. The largest absolute Gasteiger partial charge is 0.309 e. The third kappa shape index (κ3) is 10.8. The molecule has 14 heteroatoms. The van der Waals surface area contributed by atoms with Crippen LogP contribution in [-0.4, -0.2) is 62.9 Å². The Morgan fingerprint density at radius 3 is 0.557 bits per heavy atom. The summed E-state index contributed by atoms with van der Waals surface area (Å²) in [6, 6.07) is 176. The summed E-state index contributed by atoms with van der Waals surface area (Å²) >= 11 is 0. The first-order valence-electron chi connectivity index (χ1n) is 47.9. The Labute approximate surface area is 797 Å². The fourth-order valence-corrected chi connectivity index (χ4v) is 23.8. The van der Waals surface area contributed by atoms with Gasteiger partial charge in [0.1, 0.15) is 33.9 Å². The number of imidazole rings is 6. The number of nitrogens with zero attached hydrogens (tertiary/aromatic N) is 14. The summed E-state index contributed by atoms with van der Waals surface area (Å²) in [7, 11) is 0. The molecule has 0 N–H and O–H groups in total. The van der Waals surface area contributed by atoms with E-state index in [1.807, 2.05) is 0 Å². The van der Waals surface area contributed by atoms with Crippen molar-refractivity contribution in [3.8, 4) is 45.5 Å². The Balaban J connectivity index is 0.0000000982. The minimum absolute atomic E-state index is 1.12. The van der Waals surface area contributed by atoms with Gasteiger partial charge in [-0.05, 0) is 243 Å². The van der Waals surface area contributed by atoms with Gasteiger partial charge in [0.05, 0.1) is 121 Å². The average Bonchev–Trinajstić information content (AvgIpc) is 1.55. The van der Waals surface area contributed by atoms with Crippen LogP contribution in [0.25, 0.3) is 255 Å². The highest BCUT2D eigenvalue weighted by Crippen LogP contribution is 2.44. The van der Waals surface area contributed by atoms with Crippen LogP contribution in [0.3, 0.4) is 0 Å². The lowest BCUT2D eigenvalue weighted by molar-refractivity contribution is 1.11. The quantitative estimate of drug-likeness (QED) is 0.146. The highest BCUT2D eigenvalue weighted by atomic mass is 15.2. The van der Waals surface area contributed by atoms with E-state index in [-0.39, 0.29) is 0 Å². The molecule has 0 fully saturated rings. The van der Waals surface area contributed by atoms with Gasteiger partial charge in [0.15, 0.2) is 0 Å². The predicted octanol–water partition coefficient (Wildman–Crippen LogP) is 31.4. The van der Waals surface area contributed by atoms with E-state index in [2.05, 4.69) is 548 Å². The van der Waals surface area contributed by atoms with Gasteiger partial charge >= 0.3 is 0 Å². The molecule has 33 aromatic rings. The molecule has 0 atom stereocenters. The summed E-state index contributed by atoms with van der Waals surface area (Å²) in [5.41, 5.74) is 42.5. The van der Waals surface area contributed by atoms with Crippen molar-refractivity contribution in [2.45, 2.75) is 0 Å². The SMILES string of the molecule is c1cc(-n2c3ccccc3c3ccccc32)cc(-n2c3ccccc3c3cc(-n4c5ccccc5n5c6ccccc6cc45)ccc32)c1.c1cc(-n2c3ccccc3n3c4ccccc4cc23)cc(-n2c3ccccc3n3c4cc(-n5c6ccccc6n6c7ccccc7cc56)ccc4cc23)c1.c1cc(-n2c3ccccc3n3c4ccccc4cc23)cc(-n2c3ccccc3n3c4ccccc4cc23)c1. The Morgan fingerprint density at radius 2 is 0.279 bits per heavy atom. The third-order valence-corrected chi connectivity index (χ3v) is 29.6. The van der Waals surface area contributed by atoms with Gasteiger partial charge in [-0.25, -0.2) is 0 Å². The summed E-state index contributed by atoms with van der Waals surface area (Å²) in [4.78, 5) is 0. The zero-order valence-electron chi connectivity index (χ0n) is 75.4. The van der Waals surface area contributed by atoms with Crippen molar-refractivity contribution in [3.63, 3.8) is 0 Å². The number of hydrogen-bond donors (Lipinski definition) is 0. The van der Waals surface area contributed by atoms with Gasteiger partial charge in [0.2, 0.25) is 0 Å². The summed E-state index contributed by atoms with van der Waals surface area (Å²) in [5.74, 6) is 0. The maximum Gasteiger partial charge on any atom is 0.123 e. The van der Waals surface area contributed by atoms with Gasteiger partial charge in [0.25, 0.3) is 0 Å². The standard InChI is InChI=1S/C48H30N6.C44H28N4.C34H22N4/c1-3-16-37-31(12-1)26-46-49(39-18-5-8-21-42(39)52(37)46)34-14-11-15-35(29-34)50-41-20-7-10-23-44(41)54-45-30-36(25-24-33(45)28-48(50)54)51-40-19-6-9-22-43(40)53-38-17-4-2-13-32(38)27-47(51)53;1-5-18-37-29(12-1)26-44-47(42-22-9-10-23-43(42)48(37)44)32-24-25-41-36(28-32)35-17-4-8-21-40(35)46(41)31-14-11-13-30(27-31)45-38-19-6-2-15-33(38)34-16-3-7-20-39(34)45;1-3-14-27-23(10-1)20-33-35(29-16-5-7-18-31(29)37(27)33)25-12-9-13-26(22-25)36-30-17-6-8-19-32(30)38-28-15-4-2-11-24(28)21-34(36)38/h1-30H;1-28H;1-22H. The molecule has 0 bridgehead atoms. The molecule has 14 aromatic heterocycles. The van der Waals surface area contributed by atoms with Crippen LogP contribution in [0.5, 0.6) is 0 Å². The van der Waals surface area contributed by atoms with Crippen LogP contribution in [-0.2, 0) is 0 Å². The molecule has 654 valence electrons. The van der Waals surface area contributed by atoms with E-state index < -0.39 is 0 Å². The molecule has 0 aliphatic carbocycles. The first-order valence-corrected chi connectivity index (χ1v) is 47.9. The van der Waals surface area contributed by atoms with Crippen LogP contribution in [0.1, 0.15) is 0 Å². The van der Waals surface area contributed by atoms with E-state index in [0.717, 1.165) is 62.4 Å². The topological polar surface area (TPSA) is 65.9 Å². The van der Waals surface area contributed by atoms with Crippen molar-refractivity contribution in [2.75, 3.05) is 0 Å². The number of aromatic nitrogens is 14. The predicted molar refractivity (Wildman–Crippen MR) is 580 cm³/mol. The second-order valence-electron chi connectivity index (χ2n) is 37.0. The maximum absolute atomic E-state index is 2.43. The summed E-state index contributed by atoms with van der Waals surface area (Å²) in [6.07, 6.45) is 0. The lowest BCUT2D eigenvalue weighted by Gasteiger charge is -2.13. The van der Waals surface area contributed by atoms with Crippen LogP contribution in [0, 0.1) is 0 Å². The third-order valence-electron chi connectivity index (χ3n) is 29.6. The molecule has 14 heterocycles. The maximum atomic E-state index is 2.43. The molecule has 0 saturated carbocycles. The van der Waals surface area contributed by atoms with Crippen molar-refractivity contribution < 1.29 is 0 Å². The lowest BCUT2D eigenvalue weighted by atomic mass is 10.1. The Hall–Kier alpha value is -19.2. The van der Waals surface area contributed by atoms with E-state index in [4.69, 9.17) is 0 Å². The zero-order chi connectivity index (χ0) is 91.2. The van der Waals surface area contributed by atoms with Gasteiger partial charge in [-0.1, -0.05) is 243 Å². The number of fused-ring (bicyclic) bond motifs is 36. The summed E-state index contributed by atoms with van der Waals surface area (Å²) < 4.78 is 33.6. The lowest BCUT2D eigenvalue weighted by Crippen LogP contribution is -1.99. The number of para-hydroxylation sites is 20. The van der Waals surface area contributed by atoms with Crippen molar-refractivity contribution in [2.24, 2.45) is 0 Å². The van der Waals surface area contributed by atoms with E-state index in [0.29, 0.717) is 0 Å². The van der Waals surface area contributed by atoms with E-state index in [1.54, 1.807) is 0 Å². The van der Waals surface area contributed by atoms with Crippen LogP contribution >= 0.6 is 0 Å². The van der Waals surface area contributed by atoms with Gasteiger partial charge < -0.3 is 9.13 Å². The second kappa shape index (κ2) is 29.2. The van der Waals surface area contributed by atoms with Crippen LogP contribution in [0.2, 0.25) is 0 Å². The molecule has 33 rings (SSSR count). The number of hydrogen-bond acceptors (Lipinski definition) is 0. The molecular formula is C126H80N14. The highest BCUT2D eigenvalue weighted by molar-refractivity contribution is 6.13. The van der Waals surface area contributed by atoms with E-state index >= 15 is 0 Å². The Morgan fingerprint density at radius 1 is 0.0929 bits per heavy atom. The van der Waals surface area contributed by atoms with Crippen LogP contribution in [0.4, 0.5) is 0 Å². The van der Waals surface area contributed by atoms with Crippen molar-refractivity contribution in [1.29, 1.82) is 0 Å². The molecule has 0 spiro atoms. The van der Waals surface area contributed by atoms with Crippen molar-refractivity contribution in [1.82, 2.24) is 62.9 Å². The molecule has 0 saturated heterocycles. The zero-order valence-corrected chi connectivity index (χ0v) is 75.4. The molecule has 0 unspecified atom stereocenters. The highest BCUT2D eigenvalue weighted by Gasteiger charge is 2.27. The van der Waals surface area contributed by atoms with E-state index in [9.17, 15) is 0 Å². The Kier molecular flexibility index (Phi) is 15.9. The molecule has 0 aliphatic rings. The molecule has 0 radical (unpaired) electrons. The van der Waals surface area contributed by atoms with Crippen LogP contribution < -0.4 is 0 Å². The minimum Gasteiger partial charge on any atom is -0.309 e. The minimum atomic E-state index is 1.12. The van der Waals surface area contributed by atoms with E-state index in [1.165, 1.54) is 192 Å². The van der Waals surface area contributed by atoms with Gasteiger partial charge in [0, 0.05) is 99.4 Å². The molecule has 0 amide bonds. The number of benzene rings is 19. The molecule has 140 heavy (non-hydrogen) atoms. The van der Waals surface area contributed by atoms with Gasteiger partial charge in [-0.15, -0.1) is 0 Å². The molecule has 19 aromatic carbocycles. The fraction of sp³-hybridized carbons (Fsp3) is 0. The average molecular weight is 1790 g/mol. The Bertz CT molecular complexity index is 10800. The second-order valence-corrected chi connectivity index (χ2v) is 37.0. The smallest absolute Gasteiger partial charge is 0.123 e. The van der Waals surface area contributed by atoms with Gasteiger partial charge in [-0.3, -0.25) is 53.8 Å². The monoisotopic (exact) mass is 1790 g/mol. The fourth-order valence-electron chi connectivity index (χ4n) is 23.8. The molecule has 14 nitrogen and oxygen atoms in total. The van der Waals surface area contributed by atoms with Crippen molar-refractivity contribution in [3.05, 3.63) is 485 Å².